The quantitative estimate of drug-likeness (QED) is 0.467. The standard InChI is InChI=1S/C13H15NO5/c1-18-10(15)8-13(14,12(17)19-2)11(16)9-6-4-3-5-7-9/h3-7H,8,14H2,1-2H3. The average Bonchev–Trinajstić information content (AvgIpc) is 2.45. The molecule has 1 aromatic rings. The van der Waals surface area contributed by atoms with Gasteiger partial charge < -0.3 is 15.2 Å². The molecule has 19 heavy (non-hydrogen) atoms. The lowest BCUT2D eigenvalue weighted by molar-refractivity contribution is -0.151. The van der Waals surface area contributed by atoms with Crippen LogP contribution in [0.25, 0.3) is 0 Å². The van der Waals surface area contributed by atoms with Crippen LogP contribution in [0.4, 0.5) is 0 Å². The van der Waals surface area contributed by atoms with Crippen molar-refractivity contribution >= 4 is 17.7 Å². The van der Waals surface area contributed by atoms with E-state index in [-0.39, 0.29) is 5.56 Å². The molecule has 1 unspecified atom stereocenters. The lowest BCUT2D eigenvalue weighted by Crippen LogP contribution is -2.57. The van der Waals surface area contributed by atoms with Crippen LogP contribution in [0.1, 0.15) is 16.8 Å². The number of benzene rings is 1. The SMILES string of the molecule is COC(=O)CC(N)(C(=O)OC)C(=O)c1ccccc1. The number of ether oxygens (including phenoxy) is 2. The number of ketones is 1. The van der Waals surface area contributed by atoms with Crippen LogP contribution in [0.15, 0.2) is 30.3 Å². The van der Waals surface area contributed by atoms with Gasteiger partial charge in [0.15, 0.2) is 11.3 Å². The Balaban J connectivity index is 3.14. The van der Waals surface area contributed by atoms with Crippen molar-refractivity contribution < 1.29 is 23.9 Å². The fourth-order valence-electron chi connectivity index (χ4n) is 1.57. The Morgan fingerprint density at radius 1 is 1.11 bits per heavy atom. The summed E-state index contributed by atoms with van der Waals surface area (Å²) in [6, 6.07) is 7.98. The first-order chi connectivity index (χ1) is 8.95. The van der Waals surface area contributed by atoms with Gasteiger partial charge in [0.05, 0.1) is 20.6 Å². The van der Waals surface area contributed by atoms with E-state index in [0.29, 0.717) is 0 Å². The highest BCUT2D eigenvalue weighted by Crippen LogP contribution is 2.17. The molecule has 0 saturated carbocycles. The molecule has 0 bridgehead atoms. The first-order valence-electron chi connectivity index (χ1n) is 5.49. The number of rotatable bonds is 5. The molecule has 0 aliphatic rings. The van der Waals surface area contributed by atoms with Crippen molar-refractivity contribution in [2.45, 2.75) is 12.0 Å². The molecule has 1 rings (SSSR count). The highest BCUT2D eigenvalue weighted by molar-refractivity contribution is 6.17. The Kier molecular flexibility index (Phi) is 4.77. The van der Waals surface area contributed by atoms with Gasteiger partial charge in [0.25, 0.3) is 0 Å². The van der Waals surface area contributed by atoms with Crippen LogP contribution in [-0.2, 0) is 19.1 Å². The highest BCUT2D eigenvalue weighted by atomic mass is 16.5. The van der Waals surface area contributed by atoms with Crippen LogP contribution in [0.3, 0.4) is 0 Å². The van der Waals surface area contributed by atoms with Crippen LogP contribution in [0, 0.1) is 0 Å². The second-order valence-electron chi connectivity index (χ2n) is 3.91. The Hall–Kier alpha value is -2.21. The Labute approximate surface area is 110 Å². The van der Waals surface area contributed by atoms with Crippen LogP contribution >= 0.6 is 0 Å². The van der Waals surface area contributed by atoms with Gasteiger partial charge in [-0.3, -0.25) is 9.59 Å². The normalized spacial score (nSPS) is 13.2. The maximum atomic E-state index is 12.3. The van der Waals surface area contributed by atoms with Crippen LogP contribution in [-0.4, -0.2) is 37.5 Å². The van der Waals surface area contributed by atoms with Crippen molar-refractivity contribution in [3.8, 4) is 0 Å². The molecular weight excluding hydrogens is 250 g/mol. The van der Waals surface area contributed by atoms with Gasteiger partial charge in [-0.1, -0.05) is 30.3 Å². The first kappa shape index (κ1) is 14.8. The van der Waals surface area contributed by atoms with Gasteiger partial charge in [-0.05, 0) is 0 Å². The van der Waals surface area contributed by atoms with Gasteiger partial charge >= 0.3 is 11.9 Å². The molecule has 0 aliphatic heterocycles. The van der Waals surface area contributed by atoms with E-state index in [1.807, 2.05) is 0 Å². The largest absolute Gasteiger partial charge is 0.469 e. The molecule has 0 radical (unpaired) electrons. The Morgan fingerprint density at radius 3 is 2.16 bits per heavy atom. The molecule has 102 valence electrons. The molecule has 2 N–H and O–H groups in total. The summed E-state index contributed by atoms with van der Waals surface area (Å²) in [6.45, 7) is 0. The van der Waals surface area contributed by atoms with Crippen molar-refractivity contribution in [2.24, 2.45) is 5.73 Å². The summed E-state index contributed by atoms with van der Waals surface area (Å²) in [7, 11) is 2.24. The molecule has 0 aliphatic carbocycles. The third kappa shape index (κ3) is 3.17. The third-order valence-corrected chi connectivity index (χ3v) is 2.64. The molecule has 0 fully saturated rings. The second-order valence-corrected chi connectivity index (χ2v) is 3.91. The summed E-state index contributed by atoms with van der Waals surface area (Å²) >= 11 is 0. The number of methoxy groups -OCH3 is 2. The van der Waals surface area contributed by atoms with Gasteiger partial charge in [-0.15, -0.1) is 0 Å². The number of Topliss-reactive ketones (excluding diaryl/α,β-unsaturated/α-hetero) is 1. The predicted molar refractivity (Wildman–Crippen MR) is 66.3 cm³/mol. The lowest BCUT2D eigenvalue weighted by atomic mass is 9.87. The van der Waals surface area contributed by atoms with E-state index < -0.39 is 29.7 Å². The number of carbonyl (C=O) groups is 3. The smallest absolute Gasteiger partial charge is 0.334 e. The monoisotopic (exact) mass is 265 g/mol. The van der Waals surface area contributed by atoms with Gasteiger partial charge in [0.1, 0.15) is 0 Å². The highest BCUT2D eigenvalue weighted by Gasteiger charge is 2.45. The van der Waals surface area contributed by atoms with Crippen molar-refractivity contribution in [3.63, 3.8) is 0 Å². The molecule has 0 heterocycles. The van der Waals surface area contributed by atoms with Crippen molar-refractivity contribution in [1.82, 2.24) is 0 Å². The van der Waals surface area contributed by atoms with E-state index >= 15 is 0 Å². The van der Waals surface area contributed by atoms with Crippen LogP contribution < -0.4 is 5.73 Å². The topological polar surface area (TPSA) is 95.7 Å². The average molecular weight is 265 g/mol. The minimum absolute atomic E-state index is 0.222. The molecular formula is C13H15NO5. The van der Waals surface area contributed by atoms with Crippen molar-refractivity contribution in [1.29, 1.82) is 0 Å². The van der Waals surface area contributed by atoms with Crippen LogP contribution in [0.2, 0.25) is 0 Å². The summed E-state index contributed by atoms with van der Waals surface area (Å²) in [6.07, 6.45) is -0.579. The second kappa shape index (κ2) is 6.10. The summed E-state index contributed by atoms with van der Waals surface area (Å²) < 4.78 is 8.96. The van der Waals surface area contributed by atoms with E-state index in [0.717, 1.165) is 14.2 Å². The van der Waals surface area contributed by atoms with E-state index in [1.165, 1.54) is 12.1 Å². The van der Waals surface area contributed by atoms with Gasteiger partial charge in [-0.25, -0.2) is 4.79 Å². The van der Waals surface area contributed by atoms with E-state index in [4.69, 9.17) is 5.73 Å². The third-order valence-electron chi connectivity index (χ3n) is 2.64. The fourth-order valence-corrected chi connectivity index (χ4v) is 1.57. The van der Waals surface area contributed by atoms with Gasteiger partial charge in [0.2, 0.25) is 0 Å². The molecule has 0 aromatic heterocycles. The summed E-state index contributed by atoms with van der Waals surface area (Å²) in [5, 5.41) is 0. The molecule has 6 heteroatoms. The van der Waals surface area contributed by atoms with Crippen LogP contribution in [0.5, 0.6) is 0 Å². The predicted octanol–water partition coefficient (Wildman–Crippen LogP) is 0.303. The summed E-state index contributed by atoms with van der Waals surface area (Å²) in [4.78, 5) is 35.3. The van der Waals surface area contributed by atoms with E-state index in [9.17, 15) is 14.4 Å². The molecule has 0 spiro atoms. The molecule has 0 saturated heterocycles. The Morgan fingerprint density at radius 2 is 1.68 bits per heavy atom. The fraction of sp³-hybridized carbons (Fsp3) is 0.308. The van der Waals surface area contributed by atoms with Gasteiger partial charge in [0, 0.05) is 5.56 Å². The lowest BCUT2D eigenvalue weighted by Gasteiger charge is -2.23. The zero-order valence-corrected chi connectivity index (χ0v) is 10.7. The number of esters is 2. The van der Waals surface area contributed by atoms with E-state index in [1.54, 1.807) is 18.2 Å². The van der Waals surface area contributed by atoms with Crippen molar-refractivity contribution in [2.75, 3.05) is 14.2 Å². The number of hydrogen-bond acceptors (Lipinski definition) is 6. The maximum absolute atomic E-state index is 12.3. The molecule has 1 aromatic carbocycles. The van der Waals surface area contributed by atoms with E-state index in [2.05, 4.69) is 9.47 Å². The van der Waals surface area contributed by atoms with Gasteiger partial charge in [-0.2, -0.15) is 0 Å². The molecule has 0 amide bonds. The zero-order chi connectivity index (χ0) is 14.5. The summed E-state index contributed by atoms with van der Waals surface area (Å²) in [5.41, 5.74) is 3.92. The zero-order valence-electron chi connectivity index (χ0n) is 10.7. The minimum atomic E-state index is -2.08. The maximum Gasteiger partial charge on any atom is 0.334 e. The first-order valence-corrected chi connectivity index (χ1v) is 5.49. The minimum Gasteiger partial charge on any atom is -0.469 e. The van der Waals surface area contributed by atoms with Crippen molar-refractivity contribution in [3.05, 3.63) is 35.9 Å². The Bertz CT molecular complexity index is 485. The summed E-state index contributed by atoms with van der Waals surface area (Å²) in [5.74, 6) is -2.44. The number of carbonyl (C=O) groups excluding carboxylic acids is 3. The molecule has 1 atom stereocenters. The number of hydrogen-bond donors (Lipinski definition) is 1. The molecule has 6 nitrogen and oxygen atoms in total. The number of nitrogens with two attached hydrogens (primary N) is 1.